The zero-order valence-corrected chi connectivity index (χ0v) is 12.9. The van der Waals surface area contributed by atoms with Gasteiger partial charge in [0.25, 0.3) is 11.8 Å². The van der Waals surface area contributed by atoms with Crippen molar-refractivity contribution in [1.29, 1.82) is 0 Å². The molecule has 2 amide bonds. The second kappa shape index (κ2) is 7.40. The van der Waals surface area contributed by atoms with Gasteiger partial charge in [-0.15, -0.1) is 0 Å². The van der Waals surface area contributed by atoms with Gasteiger partial charge in [0.15, 0.2) is 6.61 Å². The molecule has 0 fully saturated rings. The molecule has 0 unspecified atom stereocenters. The van der Waals surface area contributed by atoms with Crippen molar-refractivity contribution in [1.82, 2.24) is 10.9 Å². The molecule has 0 radical (unpaired) electrons. The molecule has 0 atom stereocenters. The van der Waals surface area contributed by atoms with E-state index in [1.165, 1.54) is 18.2 Å². The summed E-state index contributed by atoms with van der Waals surface area (Å²) >= 11 is 0. The molecule has 23 heavy (non-hydrogen) atoms. The van der Waals surface area contributed by atoms with E-state index < -0.39 is 17.6 Å². The van der Waals surface area contributed by atoms with E-state index >= 15 is 0 Å². The summed E-state index contributed by atoms with van der Waals surface area (Å²) in [5.41, 5.74) is 6.58. The van der Waals surface area contributed by atoms with Crippen molar-refractivity contribution >= 4 is 11.8 Å². The lowest BCUT2D eigenvalue weighted by molar-refractivity contribution is -0.123. The van der Waals surface area contributed by atoms with Gasteiger partial charge in [-0.05, 0) is 55.3 Å². The van der Waals surface area contributed by atoms with Crippen LogP contribution in [0.25, 0.3) is 0 Å². The van der Waals surface area contributed by atoms with Gasteiger partial charge >= 0.3 is 0 Å². The Kier molecular flexibility index (Phi) is 5.30. The Hall–Kier alpha value is -2.89. The number of aryl methyl sites for hydroxylation is 2. The molecule has 0 spiro atoms. The molecule has 2 aromatic carbocycles. The van der Waals surface area contributed by atoms with Crippen LogP contribution >= 0.6 is 0 Å². The van der Waals surface area contributed by atoms with Gasteiger partial charge in [-0.2, -0.15) is 0 Å². The van der Waals surface area contributed by atoms with Crippen molar-refractivity contribution in [3.63, 3.8) is 0 Å². The maximum absolute atomic E-state index is 13.0. The molecule has 0 saturated heterocycles. The largest absolute Gasteiger partial charge is 0.484 e. The van der Waals surface area contributed by atoms with Gasteiger partial charge in [0.2, 0.25) is 0 Å². The monoisotopic (exact) mass is 316 g/mol. The Morgan fingerprint density at radius 2 is 1.74 bits per heavy atom. The summed E-state index contributed by atoms with van der Waals surface area (Å²) in [6.45, 7) is 3.62. The molecule has 2 rings (SSSR count). The van der Waals surface area contributed by atoms with Gasteiger partial charge in [-0.25, -0.2) is 4.39 Å². The Bertz CT molecular complexity index is 711. The molecule has 0 saturated carbocycles. The van der Waals surface area contributed by atoms with E-state index in [1.807, 2.05) is 32.0 Å². The summed E-state index contributed by atoms with van der Waals surface area (Å²) in [5, 5.41) is 0. The molecule has 120 valence electrons. The summed E-state index contributed by atoms with van der Waals surface area (Å²) in [6.07, 6.45) is 0. The molecule has 0 heterocycles. The highest BCUT2D eigenvalue weighted by Gasteiger charge is 2.08. The van der Waals surface area contributed by atoms with Crippen molar-refractivity contribution in [3.05, 3.63) is 65.0 Å². The minimum atomic E-state index is -0.607. The van der Waals surface area contributed by atoms with Crippen molar-refractivity contribution in [2.45, 2.75) is 13.8 Å². The first-order valence-corrected chi connectivity index (χ1v) is 7.00. The van der Waals surface area contributed by atoms with Crippen molar-refractivity contribution in [2.24, 2.45) is 0 Å². The third kappa shape index (κ3) is 5.10. The second-order valence-electron chi connectivity index (χ2n) is 5.12. The summed E-state index contributed by atoms with van der Waals surface area (Å²) in [5.74, 6) is -1.07. The van der Waals surface area contributed by atoms with Gasteiger partial charge in [0.05, 0.1) is 0 Å². The average molecular weight is 316 g/mol. The molecule has 0 aromatic heterocycles. The number of carbonyl (C=O) groups excluding carboxylic acids is 2. The van der Waals surface area contributed by atoms with E-state index in [-0.39, 0.29) is 12.2 Å². The molecule has 2 aromatic rings. The predicted octanol–water partition coefficient (Wildman–Crippen LogP) is 2.28. The smallest absolute Gasteiger partial charge is 0.276 e. The van der Waals surface area contributed by atoms with Gasteiger partial charge < -0.3 is 4.74 Å². The Morgan fingerprint density at radius 1 is 1.04 bits per heavy atom. The maximum Gasteiger partial charge on any atom is 0.276 e. The van der Waals surface area contributed by atoms with E-state index in [1.54, 1.807) is 0 Å². The highest BCUT2D eigenvalue weighted by atomic mass is 19.1. The standard InChI is InChI=1S/C17H17FN2O3/c1-11-6-12(2)8-15(7-11)23-10-16(21)19-20-17(22)13-4-3-5-14(18)9-13/h3-9H,10H2,1-2H3,(H,19,21)(H,20,22). The zero-order chi connectivity index (χ0) is 16.8. The van der Waals surface area contributed by atoms with E-state index in [2.05, 4.69) is 10.9 Å². The molecule has 5 nitrogen and oxygen atoms in total. The van der Waals surface area contributed by atoms with E-state index in [4.69, 9.17) is 4.74 Å². The van der Waals surface area contributed by atoms with Gasteiger partial charge in [-0.3, -0.25) is 20.4 Å². The normalized spacial score (nSPS) is 10.0. The summed E-state index contributed by atoms with van der Waals surface area (Å²) in [6, 6.07) is 10.8. The van der Waals surface area contributed by atoms with Crippen LogP contribution < -0.4 is 15.6 Å². The lowest BCUT2D eigenvalue weighted by Gasteiger charge is -2.10. The first kappa shape index (κ1) is 16.5. The second-order valence-corrected chi connectivity index (χ2v) is 5.12. The van der Waals surface area contributed by atoms with E-state index in [9.17, 15) is 14.0 Å². The van der Waals surface area contributed by atoms with Gasteiger partial charge in [0, 0.05) is 5.56 Å². The fourth-order valence-corrected chi connectivity index (χ4v) is 2.03. The lowest BCUT2D eigenvalue weighted by Crippen LogP contribution is -2.43. The topological polar surface area (TPSA) is 67.4 Å². The van der Waals surface area contributed by atoms with Crippen LogP contribution in [0.5, 0.6) is 5.75 Å². The number of ether oxygens (including phenoxy) is 1. The van der Waals surface area contributed by atoms with Crippen molar-refractivity contribution in [3.8, 4) is 5.75 Å². The molecule has 0 aliphatic rings. The lowest BCUT2D eigenvalue weighted by atomic mass is 10.1. The SMILES string of the molecule is Cc1cc(C)cc(OCC(=O)NNC(=O)c2cccc(F)c2)c1. The van der Waals surface area contributed by atoms with E-state index in [0.29, 0.717) is 5.75 Å². The maximum atomic E-state index is 13.0. The highest BCUT2D eigenvalue weighted by molar-refractivity contribution is 5.95. The molecule has 0 bridgehead atoms. The summed E-state index contributed by atoms with van der Waals surface area (Å²) in [7, 11) is 0. The minimum absolute atomic E-state index is 0.112. The van der Waals surface area contributed by atoms with Crippen LogP contribution in [0.2, 0.25) is 0 Å². The number of hydrogen-bond donors (Lipinski definition) is 2. The minimum Gasteiger partial charge on any atom is -0.484 e. The van der Waals surface area contributed by atoms with Crippen LogP contribution in [-0.4, -0.2) is 18.4 Å². The number of hydrogen-bond acceptors (Lipinski definition) is 3. The molecule has 0 aliphatic heterocycles. The summed E-state index contributed by atoms with van der Waals surface area (Å²) in [4.78, 5) is 23.4. The molecular formula is C17H17FN2O3. The average Bonchev–Trinajstić information content (AvgIpc) is 2.49. The highest BCUT2D eigenvalue weighted by Crippen LogP contribution is 2.15. The fraction of sp³-hybridized carbons (Fsp3) is 0.176. The first-order valence-electron chi connectivity index (χ1n) is 7.00. The molecule has 6 heteroatoms. The number of nitrogens with one attached hydrogen (secondary N) is 2. The third-order valence-electron chi connectivity index (χ3n) is 2.97. The van der Waals surface area contributed by atoms with Crippen LogP contribution in [0, 0.1) is 19.7 Å². The van der Waals surface area contributed by atoms with Crippen LogP contribution in [0.4, 0.5) is 4.39 Å². The Morgan fingerprint density at radius 3 is 2.39 bits per heavy atom. The Balaban J connectivity index is 1.82. The number of hydrazine groups is 1. The number of rotatable bonds is 4. The van der Waals surface area contributed by atoms with Crippen molar-refractivity contribution in [2.75, 3.05) is 6.61 Å². The number of halogens is 1. The Labute approximate surface area is 133 Å². The van der Waals surface area contributed by atoms with Crippen LogP contribution in [-0.2, 0) is 4.79 Å². The summed E-state index contributed by atoms with van der Waals surface area (Å²) < 4.78 is 18.4. The quantitative estimate of drug-likeness (QED) is 0.851. The predicted molar refractivity (Wildman–Crippen MR) is 83.4 cm³/mol. The van der Waals surface area contributed by atoms with Gasteiger partial charge in [-0.1, -0.05) is 12.1 Å². The molecular weight excluding hydrogens is 299 g/mol. The zero-order valence-electron chi connectivity index (χ0n) is 12.9. The third-order valence-corrected chi connectivity index (χ3v) is 2.97. The van der Waals surface area contributed by atoms with Crippen LogP contribution in [0.3, 0.4) is 0 Å². The van der Waals surface area contributed by atoms with Crippen LogP contribution in [0.15, 0.2) is 42.5 Å². The number of amides is 2. The first-order chi connectivity index (χ1) is 10.9. The van der Waals surface area contributed by atoms with Gasteiger partial charge in [0.1, 0.15) is 11.6 Å². The van der Waals surface area contributed by atoms with Crippen molar-refractivity contribution < 1.29 is 18.7 Å². The number of benzene rings is 2. The molecule has 2 N–H and O–H groups in total. The van der Waals surface area contributed by atoms with E-state index in [0.717, 1.165) is 17.2 Å². The molecule has 0 aliphatic carbocycles. The van der Waals surface area contributed by atoms with Crippen LogP contribution in [0.1, 0.15) is 21.5 Å². The fourth-order valence-electron chi connectivity index (χ4n) is 2.03. The number of carbonyl (C=O) groups is 2.